The van der Waals surface area contributed by atoms with Gasteiger partial charge in [-0.05, 0) is 30.5 Å². The number of piperidine rings is 1. The summed E-state index contributed by atoms with van der Waals surface area (Å²) >= 11 is 0. The van der Waals surface area contributed by atoms with Gasteiger partial charge >= 0.3 is 5.97 Å². The Kier molecular flexibility index (Phi) is 6.89. The zero-order chi connectivity index (χ0) is 19.1. The van der Waals surface area contributed by atoms with Gasteiger partial charge in [-0.25, -0.2) is 4.39 Å². The van der Waals surface area contributed by atoms with Crippen molar-refractivity contribution in [3.63, 3.8) is 0 Å². The van der Waals surface area contributed by atoms with Gasteiger partial charge in [0.05, 0.1) is 12.5 Å². The van der Waals surface area contributed by atoms with E-state index in [0.29, 0.717) is 19.4 Å². The molecule has 6 nitrogen and oxygen atoms in total. The van der Waals surface area contributed by atoms with Crippen LogP contribution in [0, 0.1) is 11.7 Å². The van der Waals surface area contributed by atoms with Gasteiger partial charge in [-0.2, -0.15) is 0 Å². The van der Waals surface area contributed by atoms with Crippen molar-refractivity contribution in [3.8, 4) is 0 Å². The van der Waals surface area contributed by atoms with E-state index in [1.807, 2.05) is 0 Å². The first-order valence-electron chi connectivity index (χ1n) is 8.53. The molecule has 2 rings (SSSR count). The fraction of sp³-hybridized carbons (Fsp3) is 0.421. The number of nitrogens with zero attached hydrogens (tertiary/aromatic N) is 2. The van der Waals surface area contributed by atoms with Crippen molar-refractivity contribution < 1.29 is 23.9 Å². The molecule has 1 saturated heterocycles. The average molecular weight is 362 g/mol. The number of likely N-dealkylation sites (tertiary alicyclic amines) is 1. The zero-order valence-corrected chi connectivity index (χ0v) is 14.7. The zero-order valence-electron chi connectivity index (χ0n) is 14.7. The number of benzene rings is 1. The summed E-state index contributed by atoms with van der Waals surface area (Å²) in [5.41, 5.74) is 0.783. The highest BCUT2D eigenvalue weighted by Gasteiger charge is 2.28. The minimum Gasteiger partial charge on any atom is -0.481 e. The molecule has 1 unspecified atom stereocenters. The van der Waals surface area contributed by atoms with E-state index in [1.54, 1.807) is 31.3 Å². The van der Waals surface area contributed by atoms with Crippen molar-refractivity contribution in [2.75, 3.05) is 26.7 Å². The number of hydrogen-bond acceptors (Lipinski definition) is 3. The number of amides is 2. The Morgan fingerprint density at radius 1 is 1.31 bits per heavy atom. The average Bonchev–Trinajstić information content (AvgIpc) is 2.63. The first kappa shape index (κ1) is 19.6. The molecule has 1 heterocycles. The third kappa shape index (κ3) is 5.68. The number of carbonyl (C=O) groups excluding carboxylic acids is 2. The van der Waals surface area contributed by atoms with Crippen molar-refractivity contribution in [2.45, 2.75) is 19.3 Å². The number of rotatable bonds is 6. The standard InChI is InChI=1S/C19H23FN2O4/c1-21(13-18(24)22-11-3-5-15(12-22)19(25)26)17(23)6-2-4-14-7-9-16(20)10-8-14/h2,4,7-10,15H,3,5-6,11-13H2,1H3,(H,25,26)/b4-2+. The molecule has 0 bridgehead atoms. The van der Waals surface area contributed by atoms with Gasteiger partial charge in [0.15, 0.2) is 0 Å². The molecule has 1 aromatic carbocycles. The molecular weight excluding hydrogens is 339 g/mol. The van der Waals surface area contributed by atoms with Crippen LogP contribution in [0.1, 0.15) is 24.8 Å². The van der Waals surface area contributed by atoms with Crippen LogP contribution in [0.5, 0.6) is 0 Å². The molecule has 0 saturated carbocycles. The van der Waals surface area contributed by atoms with Crippen molar-refractivity contribution in [1.29, 1.82) is 0 Å². The van der Waals surface area contributed by atoms with Gasteiger partial charge in [0.2, 0.25) is 11.8 Å². The fourth-order valence-electron chi connectivity index (χ4n) is 2.82. The van der Waals surface area contributed by atoms with E-state index in [4.69, 9.17) is 5.11 Å². The molecule has 1 aromatic rings. The van der Waals surface area contributed by atoms with E-state index in [9.17, 15) is 18.8 Å². The second-order valence-electron chi connectivity index (χ2n) is 6.42. The van der Waals surface area contributed by atoms with Crippen LogP contribution in [-0.2, 0) is 14.4 Å². The maximum Gasteiger partial charge on any atom is 0.308 e. The van der Waals surface area contributed by atoms with E-state index in [2.05, 4.69) is 0 Å². The smallest absolute Gasteiger partial charge is 0.308 e. The van der Waals surface area contributed by atoms with Crippen molar-refractivity contribution >= 4 is 23.9 Å². The van der Waals surface area contributed by atoms with E-state index in [1.165, 1.54) is 21.9 Å². The molecule has 0 aliphatic carbocycles. The molecule has 1 atom stereocenters. The molecule has 0 spiro atoms. The number of halogens is 1. The molecule has 1 aliphatic heterocycles. The van der Waals surface area contributed by atoms with E-state index in [-0.39, 0.29) is 37.1 Å². The summed E-state index contributed by atoms with van der Waals surface area (Å²) in [6, 6.07) is 5.90. The number of hydrogen-bond donors (Lipinski definition) is 1. The predicted octanol–water partition coefficient (Wildman–Crippen LogP) is 2.01. The Bertz CT molecular complexity index is 687. The van der Waals surface area contributed by atoms with E-state index < -0.39 is 11.9 Å². The quantitative estimate of drug-likeness (QED) is 0.840. The summed E-state index contributed by atoms with van der Waals surface area (Å²) in [7, 11) is 1.55. The first-order chi connectivity index (χ1) is 12.4. The van der Waals surface area contributed by atoms with Crippen molar-refractivity contribution in [2.24, 2.45) is 5.92 Å². The van der Waals surface area contributed by atoms with Gasteiger partial charge in [0.25, 0.3) is 0 Å². The Labute approximate surface area is 151 Å². The Morgan fingerprint density at radius 2 is 2.00 bits per heavy atom. The summed E-state index contributed by atoms with van der Waals surface area (Å²) < 4.78 is 12.8. The van der Waals surface area contributed by atoms with Crippen LogP contribution in [-0.4, -0.2) is 59.4 Å². The lowest BCUT2D eigenvalue weighted by molar-refractivity contribution is -0.147. The van der Waals surface area contributed by atoms with E-state index in [0.717, 1.165) is 5.56 Å². The summed E-state index contributed by atoms with van der Waals surface area (Å²) in [6.07, 6.45) is 4.73. The third-order valence-electron chi connectivity index (χ3n) is 4.39. The van der Waals surface area contributed by atoms with Gasteiger partial charge in [0.1, 0.15) is 5.82 Å². The van der Waals surface area contributed by atoms with Crippen LogP contribution in [0.3, 0.4) is 0 Å². The summed E-state index contributed by atoms with van der Waals surface area (Å²) in [6.45, 7) is 0.644. The largest absolute Gasteiger partial charge is 0.481 e. The number of carboxylic acids is 1. The SMILES string of the molecule is CN(CC(=O)N1CCCC(C(=O)O)C1)C(=O)C/C=C/c1ccc(F)cc1. The highest BCUT2D eigenvalue weighted by molar-refractivity contribution is 5.86. The van der Waals surface area contributed by atoms with Crippen LogP contribution in [0.2, 0.25) is 0 Å². The summed E-state index contributed by atoms with van der Waals surface area (Å²) in [5.74, 6) is -2.21. The van der Waals surface area contributed by atoms with Crippen LogP contribution in [0.4, 0.5) is 4.39 Å². The summed E-state index contributed by atoms with van der Waals surface area (Å²) in [4.78, 5) is 38.3. The Morgan fingerprint density at radius 3 is 2.65 bits per heavy atom. The van der Waals surface area contributed by atoms with Gasteiger partial charge in [-0.3, -0.25) is 14.4 Å². The fourth-order valence-corrected chi connectivity index (χ4v) is 2.82. The highest BCUT2D eigenvalue weighted by Crippen LogP contribution is 2.17. The molecule has 1 fully saturated rings. The van der Waals surface area contributed by atoms with Crippen LogP contribution in [0.25, 0.3) is 6.08 Å². The number of carbonyl (C=O) groups is 3. The first-order valence-corrected chi connectivity index (χ1v) is 8.53. The minimum absolute atomic E-state index is 0.0738. The van der Waals surface area contributed by atoms with Crippen LogP contribution < -0.4 is 0 Å². The third-order valence-corrected chi connectivity index (χ3v) is 4.39. The Hall–Kier alpha value is -2.70. The van der Waals surface area contributed by atoms with Gasteiger partial charge < -0.3 is 14.9 Å². The van der Waals surface area contributed by atoms with Crippen molar-refractivity contribution in [1.82, 2.24) is 9.80 Å². The monoisotopic (exact) mass is 362 g/mol. The number of likely N-dealkylation sites (N-methyl/N-ethyl adjacent to an activating group) is 1. The molecule has 7 heteroatoms. The number of aliphatic carboxylic acids is 1. The van der Waals surface area contributed by atoms with Gasteiger partial charge in [0, 0.05) is 26.6 Å². The molecule has 1 N–H and O–H groups in total. The van der Waals surface area contributed by atoms with Crippen LogP contribution in [0.15, 0.2) is 30.3 Å². The lowest BCUT2D eigenvalue weighted by atomic mass is 9.98. The van der Waals surface area contributed by atoms with Crippen molar-refractivity contribution in [3.05, 3.63) is 41.7 Å². The lowest BCUT2D eigenvalue weighted by Gasteiger charge is -2.32. The molecule has 26 heavy (non-hydrogen) atoms. The highest BCUT2D eigenvalue weighted by atomic mass is 19.1. The summed E-state index contributed by atoms with van der Waals surface area (Å²) in [5, 5.41) is 9.08. The van der Waals surface area contributed by atoms with Crippen LogP contribution >= 0.6 is 0 Å². The van der Waals surface area contributed by atoms with E-state index >= 15 is 0 Å². The maximum absolute atomic E-state index is 12.8. The molecule has 0 aromatic heterocycles. The Balaban J connectivity index is 1.81. The molecule has 140 valence electrons. The molecular formula is C19H23FN2O4. The molecule has 1 aliphatic rings. The molecule has 2 amide bonds. The predicted molar refractivity (Wildman–Crippen MR) is 94.6 cm³/mol. The normalized spacial score (nSPS) is 17.3. The maximum atomic E-state index is 12.8. The topological polar surface area (TPSA) is 77.9 Å². The molecule has 0 radical (unpaired) electrons. The number of carboxylic acid groups (broad SMARTS) is 1. The minimum atomic E-state index is -0.891. The second kappa shape index (κ2) is 9.12. The van der Waals surface area contributed by atoms with Gasteiger partial charge in [-0.1, -0.05) is 24.3 Å². The lowest BCUT2D eigenvalue weighted by Crippen LogP contribution is -2.46. The van der Waals surface area contributed by atoms with Gasteiger partial charge in [-0.15, -0.1) is 0 Å². The second-order valence-corrected chi connectivity index (χ2v) is 6.42.